The van der Waals surface area contributed by atoms with Crippen LogP contribution in [0.25, 0.3) is 10.8 Å². The van der Waals surface area contributed by atoms with E-state index in [1.165, 1.54) is 17.5 Å². The molecule has 0 atom stereocenters. The van der Waals surface area contributed by atoms with Crippen LogP contribution in [-0.4, -0.2) is 33.7 Å². The molecule has 1 amide bonds. The standard InChI is InChI=1S/C16H19N3O3S/c20-14(10-23-9-11-5-6-11)17-7-8-19-16(22)13-4-2-1-3-12(13)15(21)18-19/h1-4,11H,5-10H2,(H,17,20)(H,18,21). The van der Waals surface area contributed by atoms with E-state index in [9.17, 15) is 14.4 Å². The van der Waals surface area contributed by atoms with Crippen molar-refractivity contribution in [2.75, 3.05) is 18.1 Å². The second-order valence-corrected chi connectivity index (χ2v) is 6.78. The van der Waals surface area contributed by atoms with Crippen LogP contribution in [0.15, 0.2) is 33.9 Å². The summed E-state index contributed by atoms with van der Waals surface area (Å²) in [6, 6.07) is 6.71. The number of carbonyl (C=O) groups is 1. The van der Waals surface area contributed by atoms with Crippen LogP contribution in [-0.2, 0) is 11.3 Å². The number of nitrogens with zero attached hydrogens (tertiary/aromatic N) is 1. The molecule has 122 valence electrons. The lowest BCUT2D eigenvalue weighted by Crippen LogP contribution is -2.35. The first kappa shape index (κ1) is 15.9. The molecule has 1 saturated carbocycles. The molecule has 1 aliphatic rings. The van der Waals surface area contributed by atoms with Crippen molar-refractivity contribution in [3.05, 3.63) is 45.0 Å². The second kappa shape index (κ2) is 7.04. The molecule has 1 heterocycles. The lowest BCUT2D eigenvalue weighted by molar-refractivity contribution is -0.118. The number of rotatable bonds is 7. The molecule has 1 aromatic carbocycles. The number of benzene rings is 1. The Bertz CT molecular complexity index is 823. The molecular weight excluding hydrogens is 314 g/mol. The normalized spacial score (nSPS) is 14.1. The summed E-state index contributed by atoms with van der Waals surface area (Å²) in [4.78, 5) is 35.9. The number of amides is 1. The number of fused-ring (bicyclic) bond motifs is 1. The van der Waals surface area contributed by atoms with Gasteiger partial charge in [0.2, 0.25) is 5.91 Å². The first-order valence-corrected chi connectivity index (χ1v) is 8.87. The Labute approximate surface area is 137 Å². The smallest absolute Gasteiger partial charge is 0.273 e. The molecule has 6 nitrogen and oxygen atoms in total. The van der Waals surface area contributed by atoms with E-state index in [0.717, 1.165) is 11.7 Å². The molecule has 0 spiro atoms. The third kappa shape index (κ3) is 4.04. The van der Waals surface area contributed by atoms with E-state index < -0.39 is 0 Å². The third-order valence-corrected chi connectivity index (χ3v) is 5.00. The van der Waals surface area contributed by atoms with E-state index in [1.54, 1.807) is 36.0 Å². The predicted octanol–water partition coefficient (Wildman–Crippen LogP) is 0.949. The quantitative estimate of drug-likeness (QED) is 0.790. The van der Waals surface area contributed by atoms with Gasteiger partial charge in [0.15, 0.2) is 0 Å². The van der Waals surface area contributed by atoms with E-state index >= 15 is 0 Å². The minimum Gasteiger partial charge on any atom is -0.354 e. The molecule has 2 N–H and O–H groups in total. The van der Waals surface area contributed by atoms with Crippen LogP contribution in [0.4, 0.5) is 0 Å². The molecule has 0 aliphatic heterocycles. The maximum Gasteiger partial charge on any atom is 0.273 e. The first-order valence-electron chi connectivity index (χ1n) is 7.71. The molecule has 0 unspecified atom stereocenters. The average molecular weight is 333 g/mol. The number of thioether (sulfide) groups is 1. The highest BCUT2D eigenvalue weighted by atomic mass is 32.2. The fraction of sp³-hybridized carbons (Fsp3) is 0.438. The van der Waals surface area contributed by atoms with E-state index in [4.69, 9.17) is 0 Å². The van der Waals surface area contributed by atoms with Crippen molar-refractivity contribution in [1.82, 2.24) is 15.1 Å². The van der Waals surface area contributed by atoms with Crippen molar-refractivity contribution >= 4 is 28.4 Å². The number of carbonyl (C=O) groups excluding carboxylic acids is 1. The number of hydrogen-bond donors (Lipinski definition) is 2. The zero-order valence-corrected chi connectivity index (χ0v) is 13.5. The van der Waals surface area contributed by atoms with Crippen LogP contribution in [0, 0.1) is 5.92 Å². The van der Waals surface area contributed by atoms with Gasteiger partial charge in [-0.2, -0.15) is 11.8 Å². The minimum atomic E-state index is -0.300. The Morgan fingerprint density at radius 1 is 1.26 bits per heavy atom. The van der Waals surface area contributed by atoms with E-state index in [2.05, 4.69) is 10.4 Å². The minimum absolute atomic E-state index is 0.0353. The SMILES string of the molecule is O=C(CSCC1CC1)NCCn1[nH]c(=O)c2ccccc2c1=O. The van der Waals surface area contributed by atoms with Gasteiger partial charge in [-0.3, -0.25) is 19.5 Å². The topological polar surface area (TPSA) is 84.0 Å². The van der Waals surface area contributed by atoms with Gasteiger partial charge in [-0.1, -0.05) is 12.1 Å². The molecule has 1 aromatic heterocycles. The molecule has 23 heavy (non-hydrogen) atoms. The van der Waals surface area contributed by atoms with E-state index in [-0.39, 0.29) is 23.6 Å². The summed E-state index contributed by atoms with van der Waals surface area (Å²) in [7, 11) is 0. The fourth-order valence-electron chi connectivity index (χ4n) is 2.36. The van der Waals surface area contributed by atoms with Crippen molar-refractivity contribution < 1.29 is 4.79 Å². The Kier molecular flexibility index (Phi) is 4.85. The average Bonchev–Trinajstić information content (AvgIpc) is 3.36. The fourth-order valence-corrected chi connectivity index (χ4v) is 3.44. The van der Waals surface area contributed by atoms with Crippen LogP contribution in [0.3, 0.4) is 0 Å². The number of H-pyrrole nitrogens is 1. The Hall–Kier alpha value is -2.02. The second-order valence-electron chi connectivity index (χ2n) is 5.75. The van der Waals surface area contributed by atoms with Gasteiger partial charge in [-0.15, -0.1) is 0 Å². The number of nitrogens with one attached hydrogen (secondary N) is 2. The molecule has 0 bridgehead atoms. The Balaban J connectivity index is 1.56. The Morgan fingerprint density at radius 3 is 2.74 bits per heavy atom. The van der Waals surface area contributed by atoms with Crippen LogP contribution in [0.1, 0.15) is 12.8 Å². The van der Waals surface area contributed by atoms with Crippen molar-refractivity contribution in [1.29, 1.82) is 0 Å². The van der Waals surface area contributed by atoms with E-state index in [0.29, 0.717) is 23.1 Å². The maximum atomic E-state index is 12.3. The highest BCUT2D eigenvalue weighted by molar-refractivity contribution is 7.99. The van der Waals surface area contributed by atoms with Gasteiger partial charge in [0.1, 0.15) is 0 Å². The van der Waals surface area contributed by atoms with Gasteiger partial charge in [0, 0.05) is 6.54 Å². The Morgan fingerprint density at radius 2 is 2.00 bits per heavy atom. The van der Waals surface area contributed by atoms with E-state index in [1.807, 2.05) is 0 Å². The summed E-state index contributed by atoms with van der Waals surface area (Å²) >= 11 is 1.65. The lowest BCUT2D eigenvalue weighted by atomic mass is 10.2. The highest BCUT2D eigenvalue weighted by Gasteiger charge is 2.21. The van der Waals surface area contributed by atoms with Crippen LogP contribution in [0.2, 0.25) is 0 Å². The molecular formula is C16H19N3O3S. The first-order chi connectivity index (χ1) is 11.1. The number of hydrogen-bond acceptors (Lipinski definition) is 4. The summed E-state index contributed by atoms with van der Waals surface area (Å²) in [6.45, 7) is 0.564. The van der Waals surface area contributed by atoms with Crippen LogP contribution < -0.4 is 16.4 Å². The van der Waals surface area contributed by atoms with Gasteiger partial charge >= 0.3 is 0 Å². The number of aromatic nitrogens is 2. The lowest BCUT2D eigenvalue weighted by Gasteiger charge is -2.08. The van der Waals surface area contributed by atoms with Crippen molar-refractivity contribution in [3.8, 4) is 0 Å². The summed E-state index contributed by atoms with van der Waals surface area (Å²) in [5.74, 6) is 2.26. The van der Waals surface area contributed by atoms with Crippen molar-refractivity contribution in [3.63, 3.8) is 0 Å². The molecule has 1 aliphatic carbocycles. The highest BCUT2D eigenvalue weighted by Crippen LogP contribution is 2.32. The molecule has 3 rings (SSSR count). The summed E-state index contributed by atoms with van der Waals surface area (Å²) in [6.07, 6.45) is 2.57. The molecule has 0 saturated heterocycles. The van der Waals surface area contributed by atoms with Gasteiger partial charge in [0.05, 0.1) is 23.1 Å². The summed E-state index contributed by atoms with van der Waals surface area (Å²) in [5.41, 5.74) is -0.552. The molecule has 1 fully saturated rings. The molecule has 0 radical (unpaired) electrons. The van der Waals surface area contributed by atoms with Gasteiger partial charge in [-0.05, 0) is 36.6 Å². The number of aromatic amines is 1. The molecule has 2 aromatic rings. The molecule has 7 heteroatoms. The van der Waals surface area contributed by atoms with Gasteiger partial charge in [0.25, 0.3) is 11.1 Å². The van der Waals surface area contributed by atoms with Crippen molar-refractivity contribution in [2.24, 2.45) is 5.92 Å². The summed E-state index contributed by atoms with van der Waals surface area (Å²) in [5, 5.41) is 6.10. The van der Waals surface area contributed by atoms with Crippen LogP contribution in [0.5, 0.6) is 0 Å². The zero-order valence-electron chi connectivity index (χ0n) is 12.7. The van der Waals surface area contributed by atoms with Gasteiger partial charge < -0.3 is 5.32 Å². The van der Waals surface area contributed by atoms with Crippen molar-refractivity contribution in [2.45, 2.75) is 19.4 Å². The predicted molar refractivity (Wildman–Crippen MR) is 91.9 cm³/mol. The van der Waals surface area contributed by atoms with Gasteiger partial charge in [-0.25, -0.2) is 4.68 Å². The third-order valence-electron chi connectivity index (χ3n) is 3.82. The largest absolute Gasteiger partial charge is 0.354 e. The summed E-state index contributed by atoms with van der Waals surface area (Å²) < 4.78 is 1.25. The zero-order chi connectivity index (χ0) is 16.2. The van der Waals surface area contributed by atoms with Crippen LogP contribution >= 0.6 is 11.8 Å². The monoisotopic (exact) mass is 333 g/mol. The maximum absolute atomic E-state index is 12.3.